The molecule has 1 aromatic carbocycles. The summed E-state index contributed by atoms with van der Waals surface area (Å²) in [6.07, 6.45) is 8.05. The monoisotopic (exact) mass is 377 g/mol. The molecule has 0 bridgehead atoms. The van der Waals surface area contributed by atoms with Crippen LogP contribution in [0.15, 0.2) is 60.1 Å². The van der Waals surface area contributed by atoms with Crippen molar-refractivity contribution in [3.63, 3.8) is 0 Å². The first kappa shape index (κ1) is 19.1. The first-order valence-electron chi connectivity index (χ1n) is 8.98. The van der Waals surface area contributed by atoms with Crippen LogP contribution in [0.2, 0.25) is 0 Å². The predicted octanol–water partition coefficient (Wildman–Crippen LogP) is 2.19. The minimum atomic E-state index is 0.681. The zero-order chi connectivity index (χ0) is 19.8. The lowest BCUT2D eigenvalue weighted by Crippen LogP contribution is -2.35. The third-order valence-corrected chi connectivity index (χ3v) is 4.15. The molecule has 0 radical (unpaired) electrons. The Bertz CT molecular complexity index is 937. The minimum Gasteiger partial charge on any atom is -0.359 e. The molecule has 3 N–H and O–H groups in total. The van der Waals surface area contributed by atoms with Gasteiger partial charge >= 0.3 is 0 Å². The van der Waals surface area contributed by atoms with E-state index in [1.54, 1.807) is 19.4 Å². The molecular weight excluding hydrogens is 354 g/mol. The van der Waals surface area contributed by atoms with Crippen LogP contribution in [0.25, 0.3) is 16.8 Å². The zero-order valence-corrected chi connectivity index (χ0v) is 15.9. The molecule has 1 aliphatic rings. The zero-order valence-electron chi connectivity index (χ0n) is 15.9. The van der Waals surface area contributed by atoms with Crippen LogP contribution in [-0.2, 0) is 11.3 Å². The molecule has 2 aromatic heterocycles. The SMILES string of the molecule is CCNC=O.CN=C1NCc2cc(-c3cccnc3)cc(-n3cccn3)c2N1. The number of aliphatic imine (C=N–C) groups is 1. The van der Waals surface area contributed by atoms with Crippen LogP contribution in [-0.4, -0.2) is 40.7 Å². The van der Waals surface area contributed by atoms with Gasteiger partial charge < -0.3 is 16.0 Å². The van der Waals surface area contributed by atoms with E-state index in [1.165, 1.54) is 5.56 Å². The highest BCUT2D eigenvalue weighted by Gasteiger charge is 2.19. The Morgan fingerprint density at radius 2 is 2.18 bits per heavy atom. The van der Waals surface area contributed by atoms with Gasteiger partial charge in [0.2, 0.25) is 6.41 Å². The average molecular weight is 377 g/mol. The first-order chi connectivity index (χ1) is 13.8. The lowest BCUT2D eigenvalue weighted by Gasteiger charge is -2.25. The molecule has 144 valence electrons. The van der Waals surface area contributed by atoms with E-state index in [4.69, 9.17) is 0 Å². The van der Waals surface area contributed by atoms with Crippen molar-refractivity contribution in [1.82, 2.24) is 25.4 Å². The Morgan fingerprint density at radius 3 is 2.79 bits per heavy atom. The summed E-state index contributed by atoms with van der Waals surface area (Å²) >= 11 is 0. The molecule has 3 aromatic rings. The normalized spacial score (nSPS) is 13.4. The lowest BCUT2D eigenvalue weighted by atomic mass is 10.0. The summed E-state index contributed by atoms with van der Waals surface area (Å²) in [6, 6.07) is 10.2. The molecular formula is C20H23N7O. The van der Waals surface area contributed by atoms with Crippen LogP contribution in [0, 0.1) is 0 Å². The molecule has 4 rings (SSSR count). The number of aromatic nitrogens is 3. The Hall–Kier alpha value is -3.68. The molecule has 0 atom stereocenters. The molecule has 1 aliphatic heterocycles. The van der Waals surface area contributed by atoms with Crippen molar-refractivity contribution >= 4 is 18.1 Å². The molecule has 28 heavy (non-hydrogen) atoms. The van der Waals surface area contributed by atoms with E-state index in [0.29, 0.717) is 6.41 Å². The van der Waals surface area contributed by atoms with Gasteiger partial charge in [0.1, 0.15) is 0 Å². The highest BCUT2D eigenvalue weighted by atomic mass is 16.1. The topological polar surface area (TPSA) is 96.2 Å². The number of hydrogen-bond acceptors (Lipinski definition) is 4. The second kappa shape index (κ2) is 9.31. The Morgan fingerprint density at radius 1 is 1.29 bits per heavy atom. The molecule has 0 fully saturated rings. The minimum absolute atomic E-state index is 0.681. The summed E-state index contributed by atoms with van der Waals surface area (Å²) in [5, 5.41) is 13.4. The van der Waals surface area contributed by atoms with Crippen molar-refractivity contribution in [2.24, 2.45) is 4.99 Å². The van der Waals surface area contributed by atoms with Gasteiger partial charge in [-0.15, -0.1) is 0 Å². The van der Waals surface area contributed by atoms with Gasteiger partial charge in [-0.1, -0.05) is 6.07 Å². The second-order valence-corrected chi connectivity index (χ2v) is 5.95. The quantitative estimate of drug-likeness (QED) is 0.606. The number of carbonyl (C=O) groups is 1. The molecule has 0 unspecified atom stereocenters. The van der Waals surface area contributed by atoms with Crippen LogP contribution < -0.4 is 16.0 Å². The lowest BCUT2D eigenvalue weighted by molar-refractivity contribution is -0.109. The van der Waals surface area contributed by atoms with Gasteiger partial charge in [0.05, 0.1) is 11.4 Å². The van der Waals surface area contributed by atoms with E-state index in [2.05, 4.69) is 49.2 Å². The van der Waals surface area contributed by atoms with E-state index in [0.717, 1.165) is 41.6 Å². The van der Waals surface area contributed by atoms with Gasteiger partial charge in [-0.2, -0.15) is 5.10 Å². The molecule has 8 nitrogen and oxygen atoms in total. The van der Waals surface area contributed by atoms with E-state index in [-0.39, 0.29) is 0 Å². The number of nitrogens with zero attached hydrogens (tertiary/aromatic N) is 4. The van der Waals surface area contributed by atoms with Gasteiger partial charge in [-0.3, -0.25) is 14.8 Å². The maximum absolute atomic E-state index is 9.29. The first-order valence-corrected chi connectivity index (χ1v) is 8.98. The van der Waals surface area contributed by atoms with Crippen molar-refractivity contribution in [3.05, 3.63) is 60.7 Å². The smallest absolute Gasteiger partial charge is 0.207 e. The van der Waals surface area contributed by atoms with Crippen molar-refractivity contribution < 1.29 is 4.79 Å². The number of pyridine rings is 1. The summed E-state index contributed by atoms with van der Waals surface area (Å²) in [5.41, 5.74) is 5.39. The van der Waals surface area contributed by atoms with Crippen LogP contribution in [0.4, 0.5) is 5.69 Å². The van der Waals surface area contributed by atoms with Gasteiger partial charge in [-0.25, -0.2) is 4.68 Å². The van der Waals surface area contributed by atoms with Crippen molar-refractivity contribution in [3.8, 4) is 16.8 Å². The molecule has 3 heterocycles. The maximum atomic E-state index is 9.29. The van der Waals surface area contributed by atoms with E-state index >= 15 is 0 Å². The van der Waals surface area contributed by atoms with Gasteiger partial charge in [0.15, 0.2) is 5.96 Å². The summed E-state index contributed by atoms with van der Waals surface area (Å²) in [4.78, 5) is 17.7. The summed E-state index contributed by atoms with van der Waals surface area (Å²) < 4.78 is 1.87. The van der Waals surface area contributed by atoms with E-state index in [9.17, 15) is 4.79 Å². The van der Waals surface area contributed by atoms with Crippen molar-refractivity contribution in [2.45, 2.75) is 13.5 Å². The summed E-state index contributed by atoms with van der Waals surface area (Å²) in [7, 11) is 1.76. The van der Waals surface area contributed by atoms with Gasteiger partial charge in [-0.05, 0) is 42.3 Å². The number of carbonyl (C=O) groups excluding carboxylic acids is 1. The Labute approximate surface area is 163 Å². The van der Waals surface area contributed by atoms with Crippen molar-refractivity contribution in [2.75, 3.05) is 18.9 Å². The van der Waals surface area contributed by atoms with Crippen LogP contribution in [0.5, 0.6) is 0 Å². The fraction of sp³-hybridized carbons (Fsp3) is 0.200. The number of nitrogens with one attached hydrogen (secondary N) is 3. The highest BCUT2D eigenvalue weighted by molar-refractivity contribution is 5.99. The number of amides is 1. The fourth-order valence-corrected chi connectivity index (χ4v) is 2.82. The number of rotatable bonds is 4. The predicted molar refractivity (Wildman–Crippen MR) is 110 cm³/mol. The standard InChI is InChI=1S/C17H16N6.C3H7NO/c1-18-17-20-11-14-8-13(12-4-2-5-19-10-12)9-15(16(14)22-17)23-7-3-6-21-23;1-2-4-3-5/h2-10H,11H2,1H3,(H2,18,20,22);3H,2H2,1H3,(H,4,5). The number of hydrogen-bond donors (Lipinski definition) is 3. The van der Waals surface area contributed by atoms with Gasteiger partial charge in [0.25, 0.3) is 0 Å². The van der Waals surface area contributed by atoms with Crippen LogP contribution in [0.3, 0.4) is 0 Å². The van der Waals surface area contributed by atoms with E-state index in [1.807, 2.05) is 36.1 Å². The summed E-state index contributed by atoms with van der Waals surface area (Å²) in [6.45, 7) is 3.31. The molecule has 1 amide bonds. The number of benzene rings is 1. The number of fused-ring (bicyclic) bond motifs is 1. The third kappa shape index (κ3) is 4.35. The number of guanidine groups is 1. The van der Waals surface area contributed by atoms with Crippen molar-refractivity contribution in [1.29, 1.82) is 0 Å². The van der Waals surface area contributed by atoms with E-state index < -0.39 is 0 Å². The highest BCUT2D eigenvalue weighted by Crippen LogP contribution is 2.32. The van der Waals surface area contributed by atoms with Gasteiger partial charge in [0, 0.05) is 50.5 Å². The van der Waals surface area contributed by atoms with Crippen LogP contribution >= 0.6 is 0 Å². The fourth-order valence-electron chi connectivity index (χ4n) is 2.82. The maximum Gasteiger partial charge on any atom is 0.207 e. The summed E-state index contributed by atoms with van der Waals surface area (Å²) in [5.74, 6) is 0.764. The average Bonchev–Trinajstić information content (AvgIpc) is 3.29. The third-order valence-electron chi connectivity index (χ3n) is 4.15. The molecule has 0 saturated carbocycles. The number of anilines is 1. The Balaban J connectivity index is 0.000000403. The largest absolute Gasteiger partial charge is 0.359 e. The molecule has 8 heteroatoms. The molecule has 0 aliphatic carbocycles. The molecule has 0 saturated heterocycles. The second-order valence-electron chi connectivity index (χ2n) is 5.95. The van der Waals surface area contributed by atoms with Crippen LogP contribution in [0.1, 0.15) is 12.5 Å². The Kier molecular flexibility index (Phi) is 6.35. The molecule has 0 spiro atoms.